The van der Waals surface area contributed by atoms with Crippen molar-refractivity contribution in [3.05, 3.63) is 0 Å². The second-order valence-electron chi connectivity index (χ2n) is 2.91. The van der Waals surface area contributed by atoms with Crippen molar-refractivity contribution in [2.24, 2.45) is 11.7 Å². The van der Waals surface area contributed by atoms with Crippen molar-refractivity contribution in [2.75, 3.05) is 20.1 Å². The van der Waals surface area contributed by atoms with Crippen molar-refractivity contribution in [3.63, 3.8) is 0 Å². The van der Waals surface area contributed by atoms with Gasteiger partial charge < -0.3 is 10.6 Å². The largest absolute Gasteiger partial charge is 0.346 e. The molecule has 0 aromatic heterocycles. The highest BCUT2D eigenvalue weighted by Crippen LogP contribution is 2.14. The third kappa shape index (κ3) is 2.67. The number of carbonyl (C=O) groups is 1. The summed E-state index contributed by atoms with van der Waals surface area (Å²) in [5.74, 6) is 0.672. The summed E-state index contributed by atoms with van der Waals surface area (Å²) in [6.45, 7) is 1.53. The van der Waals surface area contributed by atoms with Gasteiger partial charge in [0, 0.05) is 20.0 Å². The topological polar surface area (TPSA) is 46.3 Å². The molecule has 1 amide bonds. The SMILES string of the molecule is CN1CC[C@H](CN)CC1=O.Cl. The van der Waals surface area contributed by atoms with Gasteiger partial charge in [-0.3, -0.25) is 4.79 Å². The minimum atomic E-state index is 0. The number of hydrogen-bond acceptors (Lipinski definition) is 2. The third-order valence-electron chi connectivity index (χ3n) is 2.10. The highest BCUT2D eigenvalue weighted by molar-refractivity contribution is 5.85. The quantitative estimate of drug-likeness (QED) is 0.625. The van der Waals surface area contributed by atoms with Crippen LogP contribution < -0.4 is 5.73 Å². The Balaban J connectivity index is 0.000001000. The second-order valence-corrected chi connectivity index (χ2v) is 2.91. The first-order valence-electron chi connectivity index (χ1n) is 3.68. The minimum Gasteiger partial charge on any atom is -0.346 e. The molecule has 0 aliphatic carbocycles. The Bertz CT molecular complexity index is 140. The predicted molar refractivity (Wildman–Crippen MR) is 46.7 cm³/mol. The zero-order chi connectivity index (χ0) is 7.56. The molecule has 0 unspecified atom stereocenters. The Labute approximate surface area is 73.3 Å². The molecule has 2 N–H and O–H groups in total. The molecule has 0 aromatic carbocycles. The summed E-state index contributed by atoms with van der Waals surface area (Å²) in [5.41, 5.74) is 5.44. The van der Waals surface area contributed by atoms with E-state index in [0.717, 1.165) is 13.0 Å². The van der Waals surface area contributed by atoms with Gasteiger partial charge in [0.2, 0.25) is 5.91 Å². The molecule has 0 radical (unpaired) electrons. The van der Waals surface area contributed by atoms with Crippen LogP contribution in [0.2, 0.25) is 0 Å². The maximum Gasteiger partial charge on any atom is 0.222 e. The van der Waals surface area contributed by atoms with Gasteiger partial charge in [-0.05, 0) is 18.9 Å². The van der Waals surface area contributed by atoms with Crippen LogP contribution in [0.3, 0.4) is 0 Å². The number of nitrogens with zero attached hydrogens (tertiary/aromatic N) is 1. The van der Waals surface area contributed by atoms with E-state index in [1.165, 1.54) is 0 Å². The van der Waals surface area contributed by atoms with E-state index in [0.29, 0.717) is 18.9 Å². The van der Waals surface area contributed by atoms with E-state index in [2.05, 4.69) is 0 Å². The van der Waals surface area contributed by atoms with Gasteiger partial charge in [0.05, 0.1) is 0 Å². The number of nitrogens with two attached hydrogens (primary N) is 1. The zero-order valence-electron chi connectivity index (χ0n) is 6.75. The molecule has 1 heterocycles. The average molecular weight is 179 g/mol. The molecule has 0 bridgehead atoms. The first-order valence-corrected chi connectivity index (χ1v) is 3.68. The molecule has 1 aliphatic rings. The van der Waals surface area contributed by atoms with Crippen molar-refractivity contribution < 1.29 is 4.79 Å². The van der Waals surface area contributed by atoms with Crippen LogP contribution in [0.5, 0.6) is 0 Å². The van der Waals surface area contributed by atoms with Crippen LogP contribution in [0.25, 0.3) is 0 Å². The minimum absolute atomic E-state index is 0. The maximum atomic E-state index is 11.0. The Kier molecular flexibility index (Phi) is 4.45. The lowest BCUT2D eigenvalue weighted by molar-refractivity contribution is -0.133. The van der Waals surface area contributed by atoms with E-state index in [4.69, 9.17) is 5.73 Å². The fourth-order valence-corrected chi connectivity index (χ4v) is 1.21. The Morgan fingerprint density at radius 1 is 1.73 bits per heavy atom. The molecule has 1 atom stereocenters. The summed E-state index contributed by atoms with van der Waals surface area (Å²) in [7, 11) is 1.84. The predicted octanol–water partition coefficient (Wildman–Crippen LogP) is 0.235. The summed E-state index contributed by atoms with van der Waals surface area (Å²) >= 11 is 0. The number of hydrogen-bond donors (Lipinski definition) is 1. The Hall–Kier alpha value is -0.280. The van der Waals surface area contributed by atoms with Crippen molar-refractivity contribution in [1.29, 1.82) is 0 Å². The van der Waals surface area contributed by atoms with Crippen molar-refractivity contribution in [2.45, 2.75) is 12.8 Å². The molecule has 1 fully saturated rings. The maximum absolute atomic E-state index is 11.0. The molecule has 11 heavy (non-hydrogen) atoms. The van der Waals surface area contributed by atoms with Gasteiger partial charge in [-0.2, -0.15) is 0 Å². The fraction of sp³-hybridized carbons (Fsp3) is 0.857. The lowest BCUT2D eigenvalue weighted by atomic mass is 9.97. The molecule has 66 valence electrons. The summed E-state index contributed by atoms with van der Waals surface area (Å²) in [5, 5.41) is 0. The average Bonchev–Trinajstić information content (AvgIpc) is 1.95. The van der Waals surface area contributed by atoms with E-state index in [-0.39, 0.29) is 18.3 Å². The van der Waals surface area contributed by atoms with Crippen LogP contribution >= 0.6 is 12.4 Å². The molecule has 3 nitrogen and oxygen atoms in total. The number of piperidine rings is 1. The summed E-state index contributed by atoms with van der Waals surface area (Å²) < 4.78 is 0. The van der Waals surface area contributed by atoms with Crippen molar-refractivity contribution in [3.8, 4) is 0 Å². The zero-order valence-corrected chi connectivity index (χ0v) is 7.56. The monoisotopic (exact) mass is 178 g/mol. The van der Waals surface area contributed by atoms with Crippen LogP contribution in [-0.2, 0) is 4.79 Å². The lowest BCUT2D eigenvalue weighted by Crippen LogP contribution is -2.37. The highest BCUT2D eigenvalue weighted by Gasteiger charge is 2.21. The number of halogens is 1. The first kappa shape index (κ1) is 10.7. The van der Waals surface area contributed by atoms with Crippen molar-refractivity contribution in [1.82, 2.24) is 4.90 Å². The van der Waals surface area contributed by atoms with Crippen LogP contribution in [-0.4, -0.2) is 30.9 Å². The molecule has 1 rings (SSSR count). The van der Waals surface area contributed by atoms with Gasteiger partial charge in [0.1, 0.15) is 0 Å². The van der Waals surface area contributed by atoms with Gasteiger partial charge in [-0.15, -0.1) is 12.4 Å². The van der Waals surface area contributed by atoms with Crippen molar-refractivity contribution >= 4 is 18.3 Å². The second kappa shape index (κ2) is 4.57. The molecule has 1 aliphatic heterocycles. The standard InChI is InChI=1S/C7H14N2O.ClH/c1-9-3-2-6(5-8)4-7(9)10;/h6H,2-5,8H2,1H3;1H/t6-;/m0./s1. The van der Waals surface area contributed by atoms with E-state index in [1.807, 2.05) is 7.05 Å². The molecular formula is C7H15ClN2O. The van der Waals surface area contributed by atoms with Crippen LogP contribution in [0.4, 0.5) is 0 Å². The van der Waals surface area contributed by atoms with Gasteiger partial charge in [0.25, 0.3) is 0 Å². The van der Waals surface area contributed by atoms with E-state index < -0.39 is 0 Å². The van der Waals surface area contributed by atoms with Crippen LogP contribution in [0.1, 0.15) is 12.8 Å². The molecule has 0 spiro atoms. The number of rotatable bonds is 1. The molecule has 4 heteroatoms. The smallest absolute Gasteiger partial charge is 0.222 e. The van der Waals surface area contributed by atoms with E-state index in [9.17, 15) is 4.79 Å². The van der Waals surface area contributed by atoms with Crippen LogP contribution in [0.15, 0.2) is 0 Å². The number of likely N-dealkylation sites (tertiary alicyclic amines) is 1. The Morgan fingerprint density at radius 2 is 2.36 bits per heavy atom. The van der Waals surface area contributed by atoms with Gasteiger partial charge >= 0.3 is 0 Å². The number of carbonyl (C=O) groups excluding carboxylic acids is 1. The van der Waals surface area contributed by atoms with Crippen LogP contribution in [0, 0.1) is 5.92 Å². The van der Waals surface area contributed by atoms with E-state index in [1.54, 1.807) is 4.90 Å². The third-order valence-corrected chi connectivity index (χ3v) is 2.10. The van der Waals surface area contributed by atoms with E-state index >= 15 is 0 Å². The normalized spacial score (nSPS) is 24.7. The lowest BCUT2D eigenvalue weighted by Gasteiger charge is -2.27. The molecule has 1 saturated heterocycles. The summed E-state index contributed by atoms with van der Waals surface area (Å²) in [4.78, 5) is 12.8. The summed E-state index contributed by atoms with van der Waals surface area (Å²) in [6.07, 6.45) is 1.71. The van der Waals surface area contributed by atoms with Gasteiger partial charge in [-0.1, -0.05) is 0 Å². The fourth-order valence-electron chi connectivity index (χ4n) is 1.21. The molecule has 0 saturated carbocycles. The summed E-state index contributed by atoms with van der Waals surface area (Å²) in [6, 6.07) is 0. The first-order chi connectivity index (χ1) is 4.74. The highest BCUT2D eigenvalue weighted by atomic mass is 35.5. The Morgan fingerprint density at radius 3 is 2.82 bits per heavy atom. The van der Waals surface area contributed by atoms with Gasteiger partial charge in [0.15, 0.2) is 0 Å². The molecule has 0 aromatic rings. The number of amides is 1. The van der Waals surface area contributed by atoms with Gasteiger partial charge in [-0.25, -0.2) is 0 Å². The molecular weight excluding hydrogens is 164 g/mol.